The lowest BCUT2D eigenvalue weighted by molar-refractivity contribution is 0.229. The Morgan fingerprint density at radius 2 is 2.00 bits per heavy atom. The van der Waals surface area contributed by atoms with Gasteiger partial charge in [0.2, 0.25) is 0 Å². The number of nitrogens with zero attached hydrogens (tertiary/aromatic N) is 1. The van der Waals surface area contributed by atoms with E-state index < -0.39 is 8.32 Å². The minimum absolute atomic E-state index is 0.298. The van der Waals surface area contributed by atoms with Gasteiger partial charge in [0.1, 0.15) is 0 Å². The molecule has 1 heterocycles. The van der Waals surface area contributed by atoms with Gasteiger partial charge in [-0.25, -0.2) is 4.98 Å². The van der Waals surface area contributed by atoms with E-state index in [0.717, 1.165) is 23.7 Å². The van der Waals surface area contributed by atoms with Crippen molar-refractivity contribution in [1.29, 1.82) is 0 Å². The number of thiazole rings is 1. The van der Waals surface area contributed by atoms with Crippen LogP contribution in [0.5, 0.6) is 0 Å². The van der Waals surface area contributed by atoms with E-state index >= 15 is 0 Å². The number of unbranched alkanes of at least 4 members (excludes halogenated alkanes) is 1. The number of hydrogen-bond donors (Lipinski definition) is 0. The third-order valence-electron chi connectivity index (χ3n) is 5.22. The van der Waals surface area contributed by atoms with Crippen molar-refractivity contribution in [3.63, 3.8) is 0 Å². The molecule has 0 saturated heterocycles. The molecule has 152 valence electrons. The maximum absolute atomic E-state index is 6.33. The van der Waals surface area contributed by atoms with Gasteiger partial charge in [0.15, 0.2) is 8.32 Å². The van der Waals surface area contributed by atoms with Gasteiger partial charge < -0.3 is 4.43 Å². The molecular formula is C23H39NOSSi. The molecule has 0 spiro atoms. The van der Waals surface area contributed by atoms with Crippen LogP contribution in [0.3, 0.4) is 0 Å². The lowest BCUT2D eigenvalue weighted by Crippen LogP contribution is -2.41. The summed E-state index contributed by atoms with van der Waals surface area (Å²) in [5, 5.41) is 3.51. The summed E-state index contributed by atoms with van der Waals surface area (Å²) in [5.41, 5.74) is 2.28. The highest BCUT2D eigenvalue weighted by Gasteiger charge is 2.37. The molecule has 0 fully saturated rings. The van der Waals surface area contributed by atoms with E-state index in [2.05, 4.69) is 88.5 Å². The first-order chi connectivity index (χ1) is 12.5. The van der Waals surface area contributed by atoms with Crippen molar-refractivity contribution in [3.8, 4) is 0 Å². The second kappa shape index (κ2) is 11.1. The molecule has 0 bridgehead atoms. The molecular weight excluding hydrogens is 366 g/mol. The zero-order chi connectivity index (χ0) is 20.5. The topological polar surface area (TPSA) is 22.1 Å². The molecule has 0 unspecified atom stereocenters. The predicted molar refractivity (Wildman–Crippen MR) is 125 cm³/mol. The second-order valence-electron chi connectivity index (χ2n) is 9.07. The van der Waals surface area contributed by atoms with E-state index in [9.17, 15) is 0 Å². The SMILES string of the molecule is CC(/C=C\C=C/CCC[C@H](C)CO[Si](C)(C)C(C)(C)C)=C\c1csc(C)n1. The molecule has 1 rings (SSSR count). The Hall–Kier alpha value is -0.973. The van der Waals surface area contributed by atoms with Crippen LogP contribution in [0, 0.1) is 12.8 Å². The summed E-state index contributed by atoms with van der Waals surface area (Å²) in [5.74, 6) is 0.634. The molecule has 0 aromatic carbocycles. The number of rotatable bonds is 10. The molecule has 4 heteroatoms. The standard InChI is InChI=1S/C23H39NOSSi/c1-19(16-22-18-26-21(3)24-22)14-12-10-9-11-13-15-20(2)17-25-27(7,8)23(4,5)6/h9-10,12,14,16,18,20H,11,13,15,17H2,1-8H3/b10-9-,14-12-,19-16+/t20-/m0/s1. The highest BCUT2D eigenvalue weighted by molar-refractivity contribution is 7.09. The number of aromatic nitrogens is 1. The van der Waals surface area contributed by atoms with Gasteiger partial charge >= 0.3 is 0 Å². The summed E-state index contributed by atoms with van der Waals surface area (Å²) in [6.45, 7) is 18.9. The fourth-order valence-corrected chi connectivity index (χ4v) is 4.05. The molecule has 0 amide bonds. The van der Waals surface area contributed by atoms with Gasteiger partial charge in [-0.05, 0) is 68.8 Å². The van der Waals surface area contributed by atoms with Crippen molar-refractivity contribution in [2.75, 3.05) is 6.61 Å². The lowest BCUT2D eigenvalue weighted by atomic mass is 10.1. The summed E-state index contributed by atoms with van der Waals surface area (Å²) in [7, 11) is -1.60. The van der Waals surface area contributed by atoms with Gasteiger partial charge in [0, 0.05) is 12.0 Å². The molecule has 0 N–H and O–H groups in total. The molecule has 0 aliphatic rings. The van der Waals surface area contributed by atoms with Crippen LogP contribution in [0.4, 0.5) is 0 Å². The predicted octanol–water partition coefficient (Wildman–Crippen LogP) is 7.80. The van der Waals surface area contributed by atoms with Gasteiger partial charge in [-0.1, -0.05) is 52.0 Å². The smallest absolute Gasteiger partial charge is 0.191 e. The van der Waals surface area contributed by atoms with Gasteiger partial charge in [-0.3, -0.25) is 0 Å². The third-order valence-corrected chi connectivity index (χ3v) is 10.5. The van der Waals surface area contributed by atoms with E-state index in [4.69, 9.17) is 4.43 Å². The number of hydrogen-bond acceptors (Lipinski definition) is 3. The Labute approximate surface area is 172 Å². The van der Waals surface area contributed by atoms with Crippen molar-refractivity contribution in [2.45, 2.75) is 78.9 Å². The Morgan fingerprint density at radius 1 is 1.30 bits per heavy atom. The third kappa shape index (κ3) is 9.68. The normalized spacial score (nSPS) is 15.2. The maximum atomic E-state index is 6.33. The van der Waals surface area contributed by atoms with Crippen LogP contribution in [-0.4, -0.2) is 19.9 Å². The largest absolute Gasteiger partial charge is 0.417 e. The van der Waals surface area contributed by atoms with Gasteiger partial charge in [0.25, 0.3) is 0 Å². The fraction of sp³-hybridized carbons (Fsp3) is 0.609. The first-order valence-electron chi connectivity index (χ1n) is 10.1. The van der Waals surface area contributed by atoms with E-state index in [0.29, 0.717) is 11.0 Å². The monoisotopic (exact) mass is 405 g/mol. The summed E-state index contributed by atoms with van der Waals surface area (Å²) >= 11 is 1.69. The first-order valence-corrected chi connectivity index (χ1v) is 13.9. The van der Waals surface area contributed by atoms with E-state index in [1.54, 1.807) is 11.3 Å². The molecule has 1 aromatic heterocycles. The van der Waals surface area contributed by atoms with Gasteiger partial charge in [-0.15, -0.1) is 11.3 Å². The molecule has 0 aliphatic carbocycles. The summed E-state index contributed by atoms with van der Waals surface area (Å²) < 4.78 is 6.33. The van der Waals surface area contributed by atoms with Crippen molar-refractivity contribution < 1.29 is 4.43 Å². The summed E-state index contributed by atoms with van der Waals surface area (Å²) in [6.07, 6.45) is 14.4. The highest BCUT2D eigenvalue weighted by Crippen LogP contribution is 2.36. The zero-order valence-corrected chi connectivity index (χ0v) is 20.5. The minimum atomic E-state index is -1.60. The van der Waals surface area contributed by atoms with Crippen molar-refractivity contribution >= 4 is 25.7 Å². The molecule has 0 radical (unpaired) electrons. The first kappa shape index (κ1) is 24.1. The molecule has 1 aromatic rings. The molecule has 1 atom stereocenters. The number of allylic oxidation sites excluding steroid dienone is 5. The van der Waals surface area contributed by atoms with Crippen LogP contribution in [-0.2, 0) is 4.43 Å². The van der Waals surface area contributed by atoms with Crippen LogP contribution < -0.4 is 0 Å². The highest BCUT2D eigenvalue weighted by atomic mass is 32.1. The zero-order valence-electron chi connectivity index (χ0n) is 18.6. The van der Waals surface area contributed by atoms with Crippen molar-refractivity contribution in [3.05, 3.63) is 46.0 Å². The average Bonchev–Trinajstić information content (AvgIpc) is 2.95. The second-order valence-corrected chi connectivity index (χ2v) is 14.9. The molecule has 0 saturated carbocycles. The van der Waals surface area contributed by atoms with Crippen molar-refractivity contribution in [1.82, 2.24) is 4.98 Å². The lowest BCUT2D eigenvalue weighted by Gasteiger charge is -2.37. The minimum Gasteiger partial charge on any atom is -0.417 e. The van der Waals surface area contributed by atoms with E-state index in [1.807, 2.05) is 6.92 Å². The Kier molecular flexibility index (Phi) is 9.92. The molecule has 27 heavy (non-hydrogen) atoms. The quantitative estimate of drug-likeness (QED) is 0.225. The van der Waals surface area contributed by atoms with Gasteiger partial charge in [-0.2, -0.15) is 0 Å². The summed E-state index contributed by atoms with van der Waals surface area (Å²) in [4.78, 5) is 4.46. The van der Waals surface area contributed by atoms with Crippen LogP contribution in [0.25, 0.3) is 6.08 Å². The Bertz CT molecular complexity index is 650. The van der Waals surface area contributed by atoms with Gasteiger partial charge in [0.05, 0.1) is 10.7 Å². The molecule has 0 aliphatic heterocycles. The average molecular weight is 406 g/mol. The van der Waals surface area contributed by atoms with Crippen LogP contribution in [0.1, 0.15) is 64.6 Å². The number of aryl methyl sites for hydroxylation is 1. The van der Waals surface area contributed by atoms with E-state index in [1.165, 1.54) is 18.4 Å². The maximum Gasteiger partial charge on any atom is 0.191 e. The van der Waals surface area contributed by atoms with Crippen LogP contribution in [0.2, 0.25) is 18.1 Å². The summed E-state index contributed by atoms with van der Waals surface area (Å²) in [6, 6.07) is 0. The molecule has 2 nitrogen and oxygen atoms in total. The van der Waals surface area contributed by atoms with Crippen LogP contribution in [0.15, 0.2) is 35.3 Å². The fourth-order valence-electron chi connectivity index (χ4n) is 2.34. The van der Waals surface area contributed by atoms with Crippen molar-refractivity contribution in [2.24, 2.45) is 5.92 Å². The van der Waals surface area contributed by atoms with Crippen LogP contribution >= 0.6 is 11.3 Å². The van der Waals surface area contributed by atoms with E-state index in [-0.39, 0.29) is 0 Å². The Balaban J connectivity index is 2.24. The Morgan fingerprint density at radius 3 is 2.59 bits per heavy atom.